The molecule has 0 saturated carbocycles. The van der Waals surface area contributed by atoms with E-state index in [-0.39, 0.29) is 10.3 Å². The molecule has 18 heavy (non-hydrogen) atoms. The highest BCUT2D eigenvalue weighted by Crippen LogP contribution is 2.31. The summed E-state index contributed by atoms with van der Waals surface area (Å²) in [6.45, 7) is -0.536. The summed E-state index contributed by atoms with van der Waals surface area (Å²) in [5.41, 5.74) is -2.32. The van der Waals surface area contributed by atoms with Crippen molar-refractivity contribution in [3.63, 3.8) is 0 Å². The lowest BCUT2D eigenvalue weighted by atomic mass is 10.0. The molecule has 1 aliphatic rings. The van der Waals surface area contributed by atoms with E-state index in [2.05, 4.69) is 4.98 Å². The third-order valence-electron chi connectivity index (χ3n) is 2.83. The van der Waals surface area contributed by atoms with Crippen molar-refractivity contribution in [2.75, 3.05) is 6.61 Å². The first-order chi connectivity index (χ1) is 8.47. The molecule has 1 aliphatic heterocycles. The zero-order valence-corrected chi connectivity index (χ0v) is 9.05. The molecule has 0 bridgehead atoms. The van der Waals surface area contributed by atoms with Crippen molar-refractivity contribution < 1.29 is 25.3 Å². The van der Waals surface area contributed by atoms with E-state index >= 15 is 0 Å². The van der Waals surface area contributed by atoms with E-state index < -0.39 is 42.3 Å². The second kappa shape index (κ2) is 4.53. The van der Waals surface area contributed by atoms with Crippen LogP contribution < -0.4 is 11.2 Å². The van der Waals surface area contributed by atoms with E-state index in [4.69, 9.17) is 15.1 Å². The Morgan fingerprint density at radius 2 is 2.00 bits per heavy atom. The molecule has 0 aromatic carbocycles. The highest BCUT2D eigenvalue weighted by molar-refractivity contribution is 5.13. The standard InChI is InChI=1S/C9H12N2O7/c12-2-4-5(13)6(14)7(18-4)3-1-10-9(16)11(17)8(3)15/h1,4-7,12-14,17H,2H2,(H,10,16)/t4-,5-,6-,7+/m1/s1. The van der Waals surface area contributed by atoms with Crippen molar-refractivity contribution >= 4 is 0 Å². The summed E-state index contributed by atoms with van der Waals surface area (Å²) in [6.07, 6.45) is -4.10. The Bertz CT molecular complexity index is 551. The predicted molar refractivity (Wildman–Crippen MR) is 55.2 cm³/mol. The second-order valence-corrected chi connectivity index (χ2v) is 3.93. The van der Waals surface area contributed by atoms with Gasteiger partial charge in [-0.2, -0.15) is 0 Å². The monoisotopic (exact) mass is 260 g/mol. The average molecular weight is 260 g/mol. The van der Waals surface area contributed by atoms with Crippen molar-refractivity contribution in [2.45, 2.75) is 24.4 Å². The van der Waals surface area contributed by atoms with Crippen LogP contribution in [0.1, 0.15) is 11.7 Å². The first-order valence-electron chi connectivity index (χ1n) is 5.13. The van der Waals surface area contributed by atoms with E-state index in [1.807, 2.05) is 0 Å². The van der Waals surface area contributed by atoms with Gasteiger partial charge in [0.25, 0.3) is 5.56 Å². The average Bonchev–Trinajstić information content (AvgIpc) is 2.64. The molecule has 0 spiro atoms. The van der Waals surface area contributed by atoms with Crippen LogP contribution in [0.25, 0.3) is 0 Å². The molecule has 9 heteroatoms. The normalized spacial score (nSPS) is 31.7. The van der Waals surface area contributed by atoms with Gasteiger partial charge >= 0.3 is 5.69 Å². The van der Waals surface area contributed by atoms with E-state index in [9.17, 15) is 19.8 Å². The molecule has 2 rings (SSSR count). The molecular weight excluding hydrogens is 248 g/mol. The molecule has 0 radical (unpaired) electrons. The van der Waals surface area contributed by atoms with Gasteiger partial charge < -0.3 is 30.2 Å². The highest BCUT2D eigenvalue weighted by atomic mass is 16.6. The van der Waals surface area contributed by atoms with Gasteiger partial charge in [-0.25, -0.2) is 4.79 Å². The van der Waals surface area contributed by atoms with Crippen LogP contribution in [0.3, 0.4) is 0 Å². The van der Waals surface area contributed by atoms with Crippen LogP contribution in [0.2, 0.25) is 0 Å². The van der Waals surface area contributed by atoms with Crippen LogP contribution in [-0.2, 0) is 4.74 Å². The minimum Gasteiger partial charge on any atom is -0.421 e. The Morgan fingerprint density at radius 3 is 2.56 bits per heavy atom. The Kier molecular flexibility index (Phi) is 3.22. The third-order valence-corrected chi connectivity index (χ3v) is 2.83. The fourth-order valence-corrected chi connectivity index (χ4v) is 1.84. The van der Waals surface area contributed by atoms with Crippen LogP contribution in [-0.4, -0.2) is 55.2 Å². The van der Waals surface area contributed by atoms with Gasteiger partial charge in [0.05, 0.1) is 12.2 Å². The van der Waals surface area contributed by atoms with E-state index in [1.165, 1.54) is 0 Å². The Labute approximate surface area is 99.5 Å². The number of rotatable bonds is 2. The maximum Gasteiger partial charge on any atom is 0.361 e. The van der Waals surface area contributed by atoms with Gasteiger partial charge in [0.15, 0.2) is 0 Å². The SMILES string of the molecule is O=c1[nH]cc([C@@H]2O[C@H](CO)[C@@H](O)[C@H]2O)c(=O)n1O. The topological polar surface area (TPSA) is 145 Å². The van der Waals surface area contributed by atoms with Crippen LogP contribution >= 0.6 is 0 Å². The number of ether oxygens (including phenoxy) is 1. The molecule has 1 aromatic heterocycles. The molecule has 1 aromatic rings. The molecule has 4 atom stereocenters. The Hall–Kier alpha value is -1.68. The number of aliphatic hydroxyl groups is 3. The van der Waals surface area contributed by atoms with Gasteiger partial charge in [-0.05, 0) is 0 Å². The first-order valence-corrected chi connectivity index (χ1v) is 5.13. The molecule has 5 N–H and O–H groups in total. The Morgan fingerprint density at radius 1 is 1.33 bits per heavy atom. The van der Waals surface area contributed by atoms with Crippen molar-refractivity contribution in [2.24, 2.45) is 0 Å². The molecule has 100 valence electrons. The molecule has 0 aliphatic carbocycles. The minimum atomic E-state index is -1.44. The van der Waals surface area contributed by atoms with E-state index in [1.54, 1.807) is 0 Å². The fourth-order valence-electron chi connectivity index (χ4n) is 1.84. The lowest BCUT2D eigenvalue weighted by Crippen LogP contribution is -2.38. The van der Waals surface area contributed by atoms with Gasteiger partial charge in [-0.15, -0.1) is 0 Å². The van der Waals surface area contributed by atoms with Gasteiger partial charge in [0, 0.05) is 6.20 Å². The number of aliphatic hydroxyl groups excluding tert-OH is 3. The molecule has 1 saturated heterocycles. The number of nitrogens with zero attached hydrogens (tertiary/aromatic N) is 1. The summed E-state index contributed by atoms with van der Waals surface area (Å²) in [5.74, 6) is 0. The predicted octanol–water partition coefficient (Wildman–Crippen LogP) is -3.07. The number of hydrogen-bond acceptors (Lipinski definition) is 7. The summed E-state index contributed by atoms with van der Waals surface area (Å²) in [7, 11) is 0. The van der Waals surface area contributed by atoms with Gasteiger partial charge in [-0.1, -0.05) is 4.73 Å². The summed E-state index contributed by atoms with van der Waals surface area (Å²) in [4.78, 5) is 24.6. The quantitative estimate of drug-likeness (QED) is 0.355. The fraction of sp³-hybridized carbons (Fsp3) is 0.556. The number of nitrogens with one attached hydrogen (secondary N) is 1. The number of hydrogen-bond donors (Lipinski definition) is 5. The van der Waals surface area contributed by atoms with Gasteiger partial charge in [-0.3, -0.25) is 4.79 Å². The summed E-state index contributed by atoms with van der Waals surface area (Å²) >= 11 is 0. The van der Waals surface area contributed by atoms with Crippen LogP contribution in [0.15, 0.2) is 15.8 Å². The van der Waals surface area contributed by atoms with Crippen molar-refractivity contribution in [3.8, 4) is 0 Å². The zero-order chi connectivity index (χ0) is 13.4. The molecule has 0 unspecified atom stereocenters. The molecule has 1 fully saturated rings. The van der Waals surface area contributed by atoms with Crippen molar-refractivity contribution in [1.29, 1.82) is 0 Å². The van der Waals surface area contributed by atoms with Crippen molar-refractivity contribution in [1.82, 2.24) is 9.71 Å². The first kappa shape index (κ1) is 12.8. The van der Waals surface area contributed by atoms with Gasteiger partial charge in [0.2, 0.25) is 0 Å². The summed E-state index contributed by atoms with van der Waals surface area (Å²) in [6, 6.07) is 0. The van der Waals surface area contributed by atoms with Crippen LogP contribution in [0.4, 0.5) is 0 Å². The minimum absolute atomic E-state index is 0.163. The lowest BCUT2D eigenvalue weighted by molar-refractivity contribution is -0.0239. The molecule has 2 heterocycles. The van der Waals surface area contributed by atoms with Gasteiger partial charge in [0.1, 0.15) is 24.4 Å². The molecule has 9 nitrogen and oxygen atoms in total. The molecule has 0 amide bonds. The number of aromatic nitrogens is 2. The van der Waals surface area contributed by atoms with Crippen LogP contribution in [0.5, 0.6) is 0 Å². The van der Waals surface area contributed by atoms with Crippen LogP contribution in [0, 0.1) is 0 Å². The van der Waals surface area contributed by atoms with E-state index in [0.29, 0.717) is 0 Å². The lowest BCUT2D eigenvalue weighted by Gasteiger charge is -2.13. The van der Waals surface area contributed by atoms with Crippen molar-refractivity contribution in [3.05, 3.63) is 32.6 Å². The smallest absolute Gasteiger partial charge is 0.361 e. The Balaban J connectivity index is 2.42. The number of aromatic amines is 1. The molecular formula is C9H12N2O7. The largest absolute Gasteiger partial charge is 0.421 e. The number of H-pyrrole nitrogens is 1. The summed E-state index contributed by atoms with van der Waals surface area (Å²) in [5, 5.41) is 37.2. The summed E-state index contributed by atoms with van der Waals surface area (Å²) < 4.78 is 4.94. The van der Waals surface area contributed by atoms with E-state index in [0.717, 1.165) is 6.20 Å². The maximum absolute atomic E-state index is 11.6. The second-order valence-electron chi connectivity index (χ2n) is 3.93. The highest BCUT2D eigenvalue weighted by Gasteiger charge is 2.44. The third kappa shape index (κ3) is 1.82. The zero-order valence-electron chi connectivity index (χ0n) is 9.05. The maximum atomic E-state index is 11.6.